The number of aromatic amines is 2. The lowest BCUT2D eigenvalue weighted by atomic mass is 9.84. The number of alkyl carbamates (subject to hydrolysis) is 1. The molecule has 2 saturated heterocycles. The van der Waals surface area contributed by atoms with E-state index in [1.54, 1.807) is 11.8 Å². The van der Waals surface area contributed by atoms with Crippen molar-refractivity contribution in [1.29, 1.82) is 0 Å². The van der Waals surface area contributed by atoms with E-state index < -0.39 is 12.2 Å². The van der Waals surface area contributed by atoms with Gasteiger partial charge in [0.25, 0.3) is 5.91 Å². The largest absolute Gasteiger partial charge is 0.436 e. The van der Waals surface area contributed by atoms with Gasteiger partial charge in [-0.1, -0.05) is 62.4 Å². The normalized spacial score (nSPS) is 22.1. The number of H-pyrrole nitrogens is 2. The minimum Gasteiger partial charge on any atom is -0.436 e. The third kappa shape index (κ3) is 7.80. The van der Waals surface area contributed by atoms with Crippen molar-refractivity contribution in [3.8, 4) is 33.6 Å². The van der Waals surface area contributed by atoms with E-state index in [1.165, 1.54) is 7.05 Å². The zero-order valence-corrected chi connectivity index (χ0v) is 32.0. The first-order valence-corrected chi connectivity index (χ1v) is 19.8. The summed E-state index contributed by atoms with van der Waals surface area (Å²) in [5.41, 5.74) is 6.08. The lowest BCUT2D eigenvalue weighted by Crippen LogP contribution is -2.42. The summed E-state index contributed by atoms with van der Waals surface area (Å²) in [4.78, 5) is 61.2. The Bertz CT molecular complexity index is 1890. The second-order valence-electron chi connectivity index (χ2n) is 14.9. The second kappa shape index (κ2) is 16.6. The number of nitrogens with zero attached hydrogens (tertiary/aromatic N) is 5. The number of hydrogen-bond acceptors (Lipinski definition) is 7. The van der Waals surface area contributed by atoms with E-state index in [2.05, 4.69) is 92.4 Å². The van der Waals surface area contributed by atoms with E-state index in [4.69, 9.17) is 9.72 Å². The predicted molar refractivity (Wildman–Crippen MR) is 208 cm³/mol. The van der Waals surface area contributed by atoms with Crippen LogP contribution in [0.2, 0.25) is 0 Å². The molecule has 2 aliphatic heterocycles. The monoisotopic (exact) mass is 734 g/mol. The molecular formula is C42H54N8O4. The summed E-state index contributed by atoms with van der Waals surface area (Å²) < 4.78 is 5.18. The Morgan fingerprint density at radius 3 is 1.74 bits per heavy atom. The summed E-state index contributed by atoms with van der Waals surface area (Å²) in [6, 6.07) is 17.2. The van der Waals surface area contributed by atoms with Crippen LogP contribution >= 0.6 is 0 Å². The van der Waals surface area contributed by atoms with Gasteiger partial charge >= 0.3 is 6.09 Å². The molecule has 0 spiro atoms. The summed E-state index contributed by atoms with van der Waals surface area (Å²) in [6.45, 7) is 9.61. The van der Waals surface area contributed by atoms with Gasteiger partial charge in [-0.05, 0) is 93.6 Å². The molecule has 12 heteroatoms. The molecule has 0 radical (unpaired) electrons. The average Bonchev–Trinajstić information content (AvgIpc) is 4.05. The molecule has 1 aliphatic carbocycles. The lowest BCUT2D eigenvalue weighted by Gasteiger charge is -2.37. The summed E-state index contributed by atoms with van der Waals surface area (Å²) in [7, 11) is 1.47. The van der Waals surface area contributed by atoms with Crippen molar-refractivity contribution in [3.05, 3.63) is 72.6 Å². The van der Waals surface area contributed by atoms with Gasteiger partial charge in [0.05, 0.1) is 35.9 Å². The van der Waals surface area contributed by atoms with E-state index >= 15 is 0 Å². The van der Waals surface area contributed by atoms with Crippen LogP contribution < -0.4 is 5.32 Å². The number of imidazole rings is 2. The predicted octanol–water partition coefficient (Wildman–Crippen LogP) is 7.11. The maximum atomic E-state index is 13.7. The smallest absolute Gasteiger partial charge is 0.407 e. The summed E-state index contributed by atoms with van der Waals surface area (Å²) in [5.74, 6) is 1.81. The van der Waals surface area contributed by atoms with Gasteiger partial charge in [0.2, 0.25) is 5.91 Å². The quantitative estimate of drug-likeness (QED) is 0.149. The Morgan fingerprint density at radius 2 is 1.24 bits per heavy atom. The maximum absolute atomic E-state index is 13.7. The number of amides is 3. The molecule has 2 aromatic carbocycles. The van der Waals surface area contributed by atoms with Crippen molar-refractivity contribution in [2.45, 2.75) is 96.4 Å². The molecule has 12 nitrogen and oxygen atoms in total. The fourth-order valence-corrected chi connectivity index (χ4v) is 8.79. The van der Waals surface area contributed by atoms with Crippen LogP contribution in [-0.2, 0) is 14.3 Å². The van der Waals surface area contributed by atoms with Crippen LogP contribution in [0, 0.1) is 5.92 Å². The van der Waals surface area contributed by atoms with Gasteiger partial charge in [-0.3, -0.25) is 9.59 Å². The highest BCUT2D eigenvalue weighted by atomic mass is 16.6. The fraction of sp³-hybridized carbons (Fsp3) is 0.500. The van der Waals surface area contributed by atoms with Crippen molar-refractivity contribution >= 4 is 17.9 Å². The maximum Gasteiger partial charge on any atom is 0.407 e. The number of likely N-dealkylation sites (tertiary alicyclic amines) is 2. The molecule has 2 aromatic heterocycles. The fourth-order valence-electron chi connectivity index (χ4n) is 8.79. The molecule has 4 heterocycles. The van der Waals surface area contributed by atoms with Crippen LogP contribution in [0.1, 0.15) is 95.9 Å². The topological polar surface area (TPSA) is 140 Å². The summed E-state index contributed by atoms with van der Waals surface area (Å²) in [5, 5.41) is 2.39. The summed E-state index contributed by atoms with van der Waals surface area (Å²) in [6.07, 6.45) is 9.96. The first-order chi connectivity index (χ1) is 26.3. The van der Waals surface area contributed by atoms with Crippen LogP contribution in [-0.4, -0.2) is 97.9 Å². The highest BCUT2D eigenvalue weighted by molar-refractivity contribution is 5.84. The Kier molecular flexibility index (Phi) is 11.5. The Balaban J connectivity index is 0.964. The Hall–Kier alpha value is -4.97. The van der Waals surface area contributed by atoms with E-state index in [0.29, 0.717) is 18.5 Å². The van der Waals surface area contributed by atoms with Crippen molar-refractivity contribution in [3.63, 3.8) is 0 Å². The number of benzene rings is 2. The number of nitrogens with one attached hydrogen (secondary N) is 3. The van der Waals surface area contributed by atoms with E-state index in [0.717, 1.165) is 116 Å². The van der Waals surface area contributed by atoms with Gasteiger partial charge in [-0.2, -0.15) is 0 Å². The first-order valence-electron chi connectivity index (χ1n) is 19.8. The zero-order chi connectivity index (χ0) is 37.8. The third-order valence-electron chi connectivity index (χ3n) is 11.8. The number of carbonyl (C=O) groups excluding carboxylic acids is 3. The average molecular weight is 735 g/mol. The molecule has 3 fully saturated rings. The van der Waals surface area contributed by atoms with E-state index in [9.17, 15) is 14.4 Å². The van der Waals surface area contributed by atoms with Gasteiger partial charge in [-0.15, -0.1) is 0 Å². The van der Waals surface area contributed by atoms with Gasteiger partial charge in [0, 0.05) is 32.1 Å². The molecule has 0 unspecified atom stereocenters. The van der Waals surface area contributed by atoms with Crippen molar-refractivity contribution in [2.75, 3.05) is 33.2 Å². The number of aromatic nitrogens is 4. The van der Waals surface area contributed by atoms with Crippen molar-refractivity contribution in [1.82, 2.24) is 40.0 Å². The highest BCUT2D eigenvalue weighted by Crippen LogP contribution is 2.37. The number of carbonyl (C=O) groups is 3. The Morgan fingerprint density at radius 1 is 0.759 bits per heavy atom. The molecule has 7 rings (SSSR count). The van der Waals surface area contributed by atoms with Crippen LogP contribution in [0.3, 0.4) is 0 Å². The highest BCUT2D eigenvalue weighted by Gasteiger charge is 2.38. The molecule has 3 aliphatic rings. The minimum absolute atomic E-state index is 0.00801. The van der Waals surface area contributed by atoms with E-state index in [1.807, 2.05) is 12.4 Å². The lowest BCUT2D eigenvalue weighted by molar-refractivity contribution is -0.140. The number of rotatable bonds is 11. The van der Waals surface area contributed by atoms with Crippen molar-refractivity contribution < 1.29 is 19.1 Å². The van der Waals surface area contributed by atoms with Gasteiger partial charge in [0.15, 0.2) is 6.10 Å². The van der Waals surface area contributed by atoms with Crippen LogP contribution in [0.15, 0.2) is 60.9 Å². The van der Waals surface area contributed by atoms with Gasteiger partial charge in [0.1, 0.15) is 11.6 Å². The molecule has 4 aromatic rings. The number of hydrogen-bond donors (Lipinski definition) is 3. The standard InChI is InChI=1S/C42H54N8O4/c1-5-48(6-2)33-21-19-32(20-22-33)41(52)50-24-8-10-37(50)39-45-26-35(47-39)31-17-13-29(14-18-31)28-11-15-30(16-12-28)34-25-44-38(46-34)36-9-7-23-49(36)40(51)27(3)54-42(53)43-4/h11-18,25-27,32-33,36-37H,5-10,19-24H2,1-4H3,(H,43,53)(H,44,46)(H,45,47)/t27-,32?,33?,36-,37-/m0/s1. The SMILES string of the molecule is CCN(CC)C1CCC(C(=O)N2CCC[C@H]2c2ncc(-c3ccc(-c4ccc(-c5cnc([C@@H]6CCCN6C(=O)[C@H](C)OC(=O)NC)[nH]5)cc4)cc3)[nH]2)CC1. The molecule has 3 atom stereocenters. The van der Waals surface area contributed by atoms with E-state index in [-0.39, 0.29) is 23.9 Å². The minimum atomic E-state index is -0.879. The molecule has 0 bridgehead atoms. The Labute approximate surface area is 318 Å². The number of ether oxygens (including phenoxy) is 1. The van der Waals surface area contributed by atoms with Crippen LogP contribution in [0.25, 0.3) is 33.6 Å². The zero-order valence-electron chi connectivity index (χ0n) is 32.0. The molecule has 3 amide bonds. The summed E-state index contributed by atoms with van der Waals surface area (Å²) >= 11 is 0. The molecule has 286 valence electrons. The van der Waals surface area contributed by atoms with Gasteiger partial charge in [-0.25, -0.2) is 14.8 Å². The molecule has 3 N–H and O–H groups in total. The van der Waals surface area contributed by atoms with Crippen LogP contribution in [0.5, 0.6) is 0 Å². The molecule has 54 heavy (non-hydrogen) atoms. The molecular weight excluding hydrogens is 681 g/mol. The second-order valence-corrected chi connectivity index (χ2v) is 14.9. The first kappa shape index (κ1) is 37.3. The van der Waals surface area contributed by atoms with Crippen molar-refractivity contribution in [2.24, 2.45) is 5.92 Å². The molecule has 1 saturated carbocycles. The third-order valence-corrected chi connectivity index (χ3v) is 11.8. The van der Waals surface area contributed by atoms with Gasteiger partial charge < -0.3 is 34.7 Å². The van der Waals surface area contributed by atoms with Crippen LogP contribution in [0.4, 0.5) is 4.79 Å².